The predicted octanol–water partition coefficient (Wildman–Crippen LogP) is 1.28. The molecule has 0 bridgehead atoms. The van der Waals surface area contributed by atoms with Gasteiger partial charge in [-0.15, -0.1) is 0 Å². The highest BCUT2D eigenvalue weighted by molar-refractivity contribution is 7.89. The summed E-state index contributed by atoms with van der Waals surface area (Å²) in [5, 5.41) is 19.0. The molecule has 112 valence electrons. The van der Waals surface area contributed by atoms with Crippen molar-refractivity contribution in [1.82, 2.24) is 9.78 Å². The van der Waals surface area contributed by atoms with Crippen LogP contribution in [0.15, 0.2) is 29.3 Å². The van der Waals surface area contributed by atoms with Gasteiger partial charge < -0.3 is 10.1 Å². The number of nitrogens with zero attached hydrogens (tertiary/aromatic N) is 3. The van der Waals surface area contributed by atoms with Gasteiger partial charge in [0.2, 0.25) is 14.9 Å². The minimum absolute atomic E-state index is 0.146. The second kappa shape index (κ2) is 5.39. The zero-order chi connectivity index (χ0) is 15.8. The molecule has 1 aromatic carbocycles. The Balaban J connectivity index is 2.47. The van der Waals surface area contributed by atoms with E-state index < -0.39 is 31.5 Å². The molecular formula is C10H8ClFN4O4S. The van der Waals surface area contributed by atoms with Crippen molar-refractivity contribution in [3.05, 3.63) is 50.9 Å². The van der Waals surface area contributed by atoms with Crippen molar-refractivity contribution >= 4 is 27.4 Å². The Kier molecular flexibility index (Phi) is 3.94. The van der Waals surface area contributed by atoms with E-state index in [1.807, 2.05) is 0 Å². The first-order valence-electron chi connectivity index (χ1n) is 5.37. The van der Waals surface area contributed by atoms with E-state index in [1.54, 1.807) is 0 Å². The molecule has 0 fully saturated rings. The van der Waals surface area contributed by atoms with E-state index in [0.717, 1.165) is 16.9 Å². The van der Waals surface area contributed by atoms with E-state index >= 15 is 0 Å². The van der Waals surface area contributed by atoms with Crippen molar-refractivity contribution in [3.8, 4) is 0 Å². The third-order valence-electron chi connectivity index (χ3n) is 2.55. The molecule has 0 aliphatic carbocycles. The highest BCUT2D eigenvalue weighted by atomic mass is 35.5. The van der Waals surface area contributed by atoms with Crippen molar-refractivity contribution in [2.75, 3.05) is 0 Å². The topological polar surface area (TPSA) is 121 Å². The summed E-state index contributed by atoms with van der Waals surface area (Å²) in [6.45, 7) is -0.146. The third kappa shape index (κ3) is 3.17. The zero-order valence-electron chi connectivity index (χ0n) is 10.2. The molecule has 0 saturated carbocycles. The summed E-state index contributed by atoms with van der Waals surface area (Å²) in [5.41, 5.74) is 0.287. The molecule has 0 spiro atoms. The van der Waals surface area contributed by atoms with Gasteiger partial charge in [0.05, 0.1) is 22.9 Å². The molecule has 0 unspecified atom stereocenters. The lowest BCUT2D eigenvalue weighted by atomic mass is 10.2. The zero-order valence-corrected chi connectivity index (χ0v) is 11.8. The number of aromatic nitrogens is 2. The number of rotatable bonds is 4. The summed E-state index contributed by atoms with van der Waals surface area (Å²) in [7, 11) is -4.30. The van der Waals surface area contributed by atoms with Crippen LogP contribution in [0.4, 0.5) is 10.2 Å². The summed E-state index contributed by atoms with van der Waals surface area (Å²) in [5.74, 6) is -1.56. The summed E-state index contributed by atoms with van der Waals surface area (Å²) >= 11 is 5.75. The number of sulfonamides is 1. The van der Waals surface area contributed by atoms with Gasteiger partial charge in [-0.1, -0.05) is 23.7 Å². The fourth-order valence-electron chi connectivity index (χ4n) is 1.65. The van der Waals surface area contributed by atoms with Gasteiger partial charge in [0, 0.05) is 0 Å². The number of nitro groups is 1. The number of nitrogens with two attached hydrogens (primary N) is 1. The third-order valence-corrected chi connectivity index (χ3v) is 3.88. The molecule has 0 aliphatic heterocycles. The van der Waals surface area contributed by atoms with E-state index in [4.69, 9.17) is 16.7 Å². The van der Waals surface area contributed by atoms with Gasteiger partial charge in [-0.3, -0.25) is 0 Å². The van der Waals surface area contributed by atoms with Crippen molar-refractivity contribution in [1.29, 1.82) is 0 Å². The molecule has 8 nitrogen and oxygen atoms in total. The maximum atomic E-state index is 13.3. The smallest absolute Gasteiger partial charge is 0.358 e. The molecule has 2 rings (SSSR count). The molecule has 21 heavy (non-hydrogen) atoms. The van der Waals surface area contributed by atoms with E-state index in [-0.39, 0.29) is 17.1 Å². The highest BCUT2D eigenvalue weighted by Crippen LogP contribution is 2.23. The Labute approximate surface area is 123 Å². The van der Waals surface area contributed by atoms with Gasteiger partial charge in [-0.05, 0) is 16.6 Å². The van der Waals surface area contributed by atoms with Gasteiger partial charge >= 0.3 is 5.82 Å². The van der Waals surface area contributed by atoms with Gasteiger partial charge in [-0.2, -0.15) is 4.68 Å². The summed E-state index contributed by atoms with van der Waals surface area (Å²) in [4.78, 5) is 9.09. The molecule has 0 aliphatic rings. The fourth-order valence-corrected chi connectivity index (χ4v) is 2.47. The molecule has 0 amide bonds. The van der Waals surface area contributed by atoms with Crippen molar-refractivity contribution in [3.63, 3.8) is 0 Å². The Morgan fingerprint density at radius 2 is 2.14 bits per heavy atom. The van der Waals surface area contributed by atoms with E-state index in [0.29, 0.717) is 0 Å². The Hall–Kier alpha value is -2.04. The fraction of sp³-hybridized carbons (Fsp3) is 0.100. The number of hydrogen-bond acceptors (Lipinski definition) is 5. The van der Waals surface area contributed by atoms with Crippen LogP contribution in [0.2, 0.25) is 5.02 Å². The number of halogens is 2. The van der Waals surface area contributed by atoms with Crippen molar-refractivity contribution in [2.24, 2.45) is 5.14 Å². The first kappa shape index (κ1) is 15.4. The first-order valence-corrected chi connectivity index (χ1v) is 7.30. The standard InChI is InChI=1S/C10H8ClFN4O4S/c11-9-6(2-1-3-7(9)12)4-15-5-8(21(13,19)20)10(14-15)16(17)18/h1-3,5H,4H2,(H2,13,19,20). The number of hydrogen-bond donors (Lipinski definition) is 1. The lowest BCUT2D eigenvalue weighted by Crippen LogP contribution is -2.13. The Morgan fingerprint density at radius 3 is 2.67 bits per heavy atom. The maximum absolute atomic E-state index is 13.3. The molecule has 1 heterocycles. The molecule has 11 heteroatoms. The summed E-state index contributed by atoms with van der Waals surface area (Å²) in [6.07, 6.45) is 0.898. The molecule has 2 N–H and O–H groups in total. The largest absolute Gasteiger partial charge is 0.410 e. The minimum Gasteiger partial charge on any atom is -0.358 e. The van der Waals surface area contributed by atoms with Crippen LogP contribution < -0.4 is 5.14 Å². The lowest BCUT2D eigenvalue weighted by Gasteiger charge is -2.02. The van der Waals surface area contributed by atoms with Crippen LogP contribution in [-0.4, -0.2) is 23.1 Å². The average Bonchev–Trinajstić information content (AvgIpc) is 2.79. The van der Waals surface area contributed by atoms with Crippen LogP contribution in [0.25, 0.3) is 0 Å². The van der Waals surface area contributed by atoms with Crippen LogP contribution >= 0.6 is 11.6 Å². The molecule has 0 saturated heterocycles. The first-order chi connectivity index (χ1) is 9.70. The van der Waals surface area contributed by atoms with Crippen LogP contribution in [0.1, 0.15) is 5.56 Å². The number of primary sulfonamides is 1. The molecule has 0 radical (unpaired) electrons. The quantitative estimate of drug-likeness (QED) is 0.666. The normalized spacial score (nSPS) is 11.6. The Bertz CT molecular complexity index is 820. The van der Waals surface area contributed by atoms with Gasteiger partial charge in [0.15, 0.2) is 0 Å². The minimum atomic E-state index is -4.30. The van der Waals surface area contributed by atoms with E-state index in [1.165, 1.54) is 12.1 Å². The lowest BCUT2D eigenvalue weighted by molar-refractivity contribution is -0.392. The summed E-state index contributed by atoms with van der Waals surface area (Å²) < 4.78 is 36.8. The summed E-state index contributed by atoms with van der Waals surface area (Å²) in [6, 6.07) is 4.03. The van der Waals surface area contributed by atoms with E-state index in [2.05, 4.69) is 5.10 Å². The molecule has 0 atom stereocenters. The second-order valence-corrected chi connectivity index (χ2v) is 5.94. The van der Waals surface area contributed by atoms with E-state index in [9.17, 15) is 22.9 Å². The molecule has 1 aromatic heterocycles. The van der Waals surface area contributed by atoms with Crippen LogP contribution in [0.5, 0.6) is 0 Å². The monoisotopic (exact) mass is 334 g/mol. The van der Waals surface area contributed by atoms with Crippen molar-refractivity contribution in [2.45, 2.75) is 11.4 Å². The average molecular weight is 335 g/mol. The van der Waals surface area contributed by atoms with Crippen LogP contribution in [0, 0.1) is 15.9 Å². The van der Waals surface area contributed by atoms with Crippen LogP contribution in [-0.2, 0) is 16.6 Å². The van der Waals surface area contributed by atoms with Crippen LogP contribution in [0.3, 0.4) is 0 Å². The highest BCUT2D eigenvalue weighted by Gasteiger charge is 2.29. The predicted molar refractivity (Wildman–Crippen MR) is 70.8 cm³/mol. The van der Waals surface area contributed by atoms with Gasteiger partial charge in [0.25, 0.3) is 0 Å². The number of benzene rings is 1. The second-order valence-electron chi connectivity index (χ2n) is 4.03. The van der Waals surface area contributed by atoms with Gasteiger partial charge in [-0.25, -0.2) is 17.9 Å². The molecule has 2 aromatic rings. The molecular weight excluding hydrogens is 327 g/mol. The van der Waals surface area contributed by atoms with Gasteiger partial charge in [0.1, 0.15) is 5.82 Å². The SMILES string of the molecule is NS(=O)(=O)c1cn(Cc2cccc(F)c2Cl)nc1[N+](=O)[O-]. The van der Waals surface area contributed by atoms with Crippen molar-refractivity contribution < 1.29 is 17.7 Å². The Morgan fingerprint density at radius 1 is 1.48 bits per heavy atom. The maximum Gasteiger partial charge on any atom is 0.410 e.